The first-order chi connectivity index (χ1) is 17.5. The van der Waals surface area contributed by atoms with Crippen LogP contribution in [0.5, 0.6) is 0 Å². The minimum atomic E-state index is 0.0188. The number of nitrogens with zero attached hydrogens (tertiary/aromatic N) is 3. The van der Waals surface area contributed by atoms with E-state index in [1.54, 1.807) is 0 Å². The van der Waals surface area contributed by atoms with E-state index in [0.717, 1.165) is 67.3 Å². The molecule has 2 heterocycles. The predicted octanol–water partition coefficient (Wildman–Crippen LogP) is 5.62. The van der Waals surface area contributed by atoms with Crippen LogP contribution >= 0.6 is 11.6 Å². The summed E-state index contributed by atoms with van der Waals surface area (Å²) in [5.74, 6) is 1.22. The molecule has 1 atom stereocenters. The molecule has 1 amide bonds. The number of amides is 1. The van der Waals surface area contributed by atoms with Gasteiger partial charge in [-0.1, -0.05) is 65.7 Å². The summed E-state index contributed by atoms with van der Waals surface area (Å²) in [5, 5.41) is 3.92. The van der Waals surface area contributed by atoms with Crippen LogP contribution < -0.4 is 5.32 Å². The highest BCUT2D eigenvalue weighted by atomic mass is 35.5. The van der Waals surface area contributed by atoms with Gasteiger partial charge in [-0.05, 0) is 68.1 Å². The Balaban J connectivity index is 1.24. The molecule has 1 saturated heterocycles. The Morgan fingerprint density at radius 3 is 2.69 bits per heavy atom. The van der Waals surface area contributed by atoms with Gasteiger partial charge in [-0.2, -0.15) is 0 Å². The zero-order valence-corrected chi connectivity index (χ0v) is 21.5. The molecule has 0 radical (unpaired) electrons. The predicted molar refractivity (Wildman–Crippen MR) is 146 cm³/mol. The Labute approximate surface area is 218 Å². The van der Waals surface area contributed by atoms with Crippen molar-refractivity contribution in [2.45, 2.75) is 39.3 Å². The zero-order chi connectivity index (χ0) is 24.9. The van der Waals surface area contributed by atoms with E-state index in [1.165, 1.54) is 16.7 Å². The largest absolute Gasteiger partial charge is 0.355 e. The second-order valence-corrected chi connectivity index (χ2v) is 10.3. The third kappa shape index (κ3) is 5.97. The van der Waals surface area contributed by atoms with E-state index in [0.29, 0.717) is 6.54 Å². The maximum Gasteiger partial charge on any atom is 0.224 e. The summed E-state index contributed by atoms with van der Waals surface area (Å²) in [7, 11) is 0. The molecule has 1 aliphatic rings. The lowest BCUT2D eigenvalue weighted by Crippen LogP contribution is -2.43. The number of hydrogen-bond donors (Lipinski definition) is 1. The van der Waals surface area contributed by atoms with Crippen molar-refractivity contribution in [3.8, 4) is 0 Å². The smallest absolute Gasteiger partial charge is 0.224 e. The maximum absolute atomic E-state index is 13.0. The molecule has 0 bridgehead atoms. The number of fused-ring (bicyclic) bond motifs is 1. The molecule has 0 spiro atoms. The Bertz CT molecular complexity index is 1330. The highest BCUT2D eigenvalue weighted by Crippen LogP contribution is 2.23. The molecule has 6 heteroatoms. The van der Waals surface area contributed by atoms with Gasteiger partial charge in [0.1, 0.15) is 5.82 Å². The summed E-state index contributed by atoms with van der Waals surface area (Å²) in [5.41, 5.74) is 5.84. The molecule has 0 aliphatic carbocycles. The fraction of sp³-hybridized carbons (Fsp3) is 0.333. The Kier molecular flexibility index (Phi) is 7.69. The fourth-order valence-electron chi connectivity index (χ4n) is 5.15. The normalized spacial score (nSPS) is 16.3. The topological polar surface area (TPSA) is 50.2 Å². The highest BCUT2D eigenvalue weighted by molar-refractivity contribution is 6.30. The SMILES string of the molecule is Cc1cccc(CCNC(=O)[C@H]2CCCN(Cc3nc4ccccc4n3Cc3ccc(Cl)cc3)C2)c1. The van der Waals surface area contributed by atoms with Crippen molar-refractivity contribution in [3.05, 3.63) is 100 Å². The van der Waals surface area contributed by atoms with Crippen LogP contribution in [0.2, 0.25) is 5.02 Å². The lowest BCUT2D eigenvalue weighted by molar-refractivity contribution is -0.126. The van der Waals surface area contributed by atoms with Gasteiger partial charge in [0.2, 0.25) is 5.91 Å². The second kappa shape index (κ2) is 11.3. The quantitative estimate of drug-likeness (QED) is 0.342. The van der Waals surface area contributed by atoms with Crippen LogP contribution in [0.1, 0.15) is 35.4 Å². The van der Waals surface area contributed by atoms with Crippen molar-refractivity contribution in [2.24, 2.45) is 5.92 Å². The number of hydrogen-bond acceptors (Lipinski definition) is 3. The van der Waals surface area contributed by atoms with Crippen LogP contribution in [0.4, 0.5) is 0 Å². The Morgan fingerprint density at radius 1 is 1.03 bits per heavy atom. The molecule has 0 unspecified atom stereocenters. The summed E-state index contributed by atoms with van der Waals surface area (Å²) in [6.07, 6.45) is 2.82. The summed E-state index contributed by atoms with van der Waals surface area (Å²) in [6, 6.07) is 24.8. The van der Waals surface area contributed by atoms with E-state index < -0.39 is 0 Å². The van der Waals surface area contributed by atoms with E-state index in [-0.39, 0.29) is 11.8 Å². The summed E-state index contributed by atoms with van der Waals surface area (Å²) >= 11 is 6.10. The average Bonchev–Trinajstić information content (AvgIpc) is 3.22. The number of imidazole rings is 1. The molecular formula is C30H33ClN4O. The molecule has 4 aromatic rings. The number of halogens is 1. The van der Waals surface area contributed by atoms with E-state index in [4.69, 9.17) is 16.6 Å². The third-order valence-electron chi connectivity index (χ3n) is 7.02. The number of carbonyl (C=O) groups is 1. The Hall–Kier alpha value is -3.15. The summed E-state index contributed by atoms with van der Waals surface area (Å²) in [4.78, 5) is 20.3. The maximum atomic E-state index is 13.0. The third-order valence-corrected chi connectivity index (χ3v) is 7.28. The van der Waals surface area contributed by atoms with Gasteiger partial charge in [-0.3, -0.25) is 9.69 Å². The van der Waals surface area contributed by atoms with Gasteiger partial charge in [-0.15, -0.1) is 0 Å². The number of piperidine rings is 1. The monoisotopic (exact) mass is 500 g/mol. The molecule has 36 heavy (non-hydrogen) atoms. The van der Waals surface area contributed by atoms with Gasteiger partial charge in [0, 0.05) is 24.7 Å². The van der Waals surface area contributed by atoms with E-state index in [1.807, 2.05) is 18.2 Å². The molecule has 3 aromatic carbocycles. The molecule has 186 valence electrons. The van der Waals surface area contributed by atoms with Crippen LogP contribution in [0.15, 0.2) is 72.8 Å². The van der Waals surface area contributed by atoms with Crippen molar-refractivity contribution in [1.29, 1.82) is 0 Å². The minimum absolute atomic E-state index is 0.0188. The molecule has 1 N–H and O–H groups in total. The number of carbonyl (C=O) groups excluding carboxylic acids is 1. The van der Waals surface area contributed by atoms with Crippen molar-refractivity contribution >= 4 is 28.5 Å². The second-order valence-electron chi connectivity index (χ2n) is 9.83. The number of rotatable bonds is 8. The van der Waals surface area contributed by atoms with Crippen LogP contribution in [-0.2, 0) is 24.3 Å². The van der Waals surface area contributed by atoms with Crippen molar-refractivity contribution in [2.75, 3.05) is 19.6 Å². The highest BCUT2D eigenvalue weighted by Gasteiger charge is 2.26. The molecule has 5 nitrogen and oxygen atoms in total. The number of likely N-dealkylation sites (tertiary alicyclic amines) is 1. The van der Waals surface area contributed by atoms with Crippen molar-refractivity contribution < 1.29 is 4.79 Å². The Morgan fingerprint density at radius 2 is 1.86 bits per heavy atom. The first-order valence-electron chi connectivity index (χ1n) is 12.8. The molecular weight excluding hydrogens is 468 g/mol. The van der Waals surface area contributed by atoms with Crippen LogP contribution in [-0.4, -0.2) is 40.0 Å². The van der Waals surface area contributed by atoms with Crippen LogP contribution in [0, 0.1) is 12.8 Å². The van der Waals surface area contributed by atoms with E-state index >= 15 is 0 Å². The molecule has 1 aromatic heterocycles. The number of aryl methyl sites for hydroxylation is 1. The van der Waals surface area contributed by atoms with Crippen LogP contribution in [0.3, 0.4) is 0 Å². The standard InChI is InChI=1S/C30H33ClN4O/c1-22-6-4-7-23(18-22)15-16-32-30(36)25-8-5-17-34(20-25)21-29-33-27-9-2-3-10-28(27)35(29)19-24-11-13-26(31)14-12-24/h2-4,6-7,9-14,18,25H,5,8,15-17,19-21H2,1H3,(H,32,36)/t25-/m0/s1. The minimum Gasteiger partial charge on any atom is -0.355 e. The molecule has 1 fully saturated rings. The summed E-state index contributed by atoms with van der Waals surface area (Å²) in [6.45, 7) is 5.99. The van der Waals surface area contributed by atoms with Gasteiger partial charge >= 0.3 is 0 Å². The number of nitrogens with one attached hydrogen (secondary N) is 1. The van der Waals surface area contributed by atoms with Gasteiger partial charge in [0.05, 0.1) is 23.5 Å². The van der Waals surface area contributed by atoms with Gasteiger partial charge in [0.25, 0.3) is 0 Å². The van der Waals surface area contributed by atoms with E-state index in [2.05, 4.69) is 76.3 Å². The first kappa shape index (κ1) is 24.5. The number of aromatic nitrogens is 2. The van der Waals surface area contributed by atoms with Crippen LogP contribution in [0.25, 0.3) is 11.0 Å². The van der Waals surface area contributed by atoms with Gasteiger partial charge in [-0.25, -0.2) is 4.98 Å². The van der Waals surface area contributed by atoms with Crippen molar-refractivity contribution in [3.63, 3.8) is 0 Å². The molecule has 5 rings (SSSR count). The average molecular weight is 501 g/mol. The van der Waals surface area contributed by atoms with Gasteiger partial charge < -0.3 is 9.88 Å². The van der Waals surface area contributed by atoms with Gasteiger partial charge in [0.15, 0.2) is 0 Å². The van der Waals surface area contributed by atoms with E-state index in [9.17, 15) is 4.79 Å². The van der Waals surface area contributed by atoms with Crippen molar-refractivity contribution in [1.82, 2.24) is 19.8 Å². The molecule has 0 saturated carbocycles. The summed E-state index contributed by atoms with van der Waals surface area (Å²) < 4.78 is 2.30. The zero-order valence-electron chi connectivity index (χ0n) is 20.8. The lowest BCUT2D eigenvalue weighted by Gasteiger charge is -2.31. The number of benzene rings is 3. The molecule has 1 aliphatic heterocycles. The fourth-order valence-corrected chi connectivity index (χ4v) is 5.28. The lowest BCUT2D eigenvalue weighted by atomic mass is 9.97. The first-order valence-corrected chi connectivity index (χ1v) is 13.2. The number of para-hydroxylation sites is 2.